The Morgan fingerprint density at radius 1 is 1.39 bits per heavy atom. The van der Waals surface area contributed by atoms with E-state index in [-0.39, 0.29) is 12.1 Å². The third kappa shape index (κ3) is 2.22. The summed E-state index contributed by atoms with van der Waals surface area (Å²) in [5.41, 5.74) is 2.56. The minimum absolute atomic E-state index is 0.112. The molecule has 1 aromatic heterocycles. The van der Waals surface area contributed by atoms with Gasteiger partial charge in [-0.3, -0.25) is 5.32 Å². The summed E-state index contributed by atoms with van der Waals surface area (Å²) in [6.45, 7) is 0. The highest BCUT2D eigenvalue weighted by atomic mass is 32.1. The molecule has 0 radical (unpaired) electrons. The summed E-state index contributed by atoms with van der Waals surface area (Å²) < 4.78 is 0. The van der Waals surface area contributed by atoms with Crippen LogP contribution in [-0.4, -0.2) is 11.0 Å². The van der Waals surface area contributed by atoms with Gasteiger partial charge in [0.15, 0.2) is 5.13 Å². The molecule has 1 atom stereocenters. The molecule has 0 spiro atoms. The van der Waals surface area contributed by atoms with Crippen LogP contribution in [0.4, 0.5) is 9.93 Å². The number of hydrogen-bond acceptors (Lipinski definition) is 3. The number of fused-ring (bicyclic) bond motifs is 1. The van der Waals surface area contributed by atoms with Crippen LogP contribution in [0.25, 0.3) is 0 Å². The third-order valence-electron chi connectivity index (χ3n) is 3.09. The predicted molar refractivity (Wildman–Crippen MR) is 71.8 cm³/mol. The molecule has 92 valence electrons. The van der Waals surface area contributed by atoms with Crippen molar-refractivity contribution in [2.75, 3.05) is 5.32 Å². The SMILES string of the molecule is O=C(Nc1nccs1)N[C@H]1CCc2ccccc21. The Morgan fingerprint density at radius 3 is 3.11 bits per heavy atom. The quantitative estimate of drug-likeness (QED) is 0.871. The van der Waals surface area contributed by atoms with Crippen LogP contribution in [0.5, 0.6) is 0 Å². The zero-order valence-electron chi connectivity index (χ0n) is 9.72. The summed E-state index contributed by atoms with van der Waals surface area (Å²) >= 11 is 1.41. The molecule has 0 saturated heterocycles. The largest absolute Gasteiger partial charge is 0.331 e. The van der Waals surface area contributed by atoms with Gasteiger partial charge in [-0.25, -0.2) is 9.78 Å². The van der Waals surface area contributed by atoms with Gasteiger partial charge in [0.05, 0.1) is 6.04 Å². The number of benzene rings is 1. The summed E-state index contributed by atoms with van der Waals surface area (Å²) in [6, 6.07) is 8.17. The average molecular weight is 259 g/mol. The summed E-state index contributed by atoms with van der Waals surface area (Å²) in [6.07, 6.45) is 3.66. The van der Waals surface area contributed by atoms with E-state index in [1.54, 1.807) is 6.20 Å². The molecular formula is C13H13N3OS. The molecule has 0 saturated carbocycles. The Labute approximate surface area is 109 Å². The van der Waals surface area contributed by atoms with Crippen molar-refractivity contribution in [1.29, 1.82) is 0 Å². The lowest BCUT2D eigenvalue weighted by atomic mass is 10.1. The van der Waals surface area contributed by atoms with Gasteiger partial charge in [0.2, 0.25) is 0 Å². The van der Waals surface area contributed by atoms with Gasteiger partial charge < -0.3 is 5.32 Å². The number of nitrogens with zero attached hydrogens (tertiary/aromatic N) is 1. The second-order valence-electron chi connectivity index (χ2n) is 4.23. The third-order valence-corrected chi connectivity index (χ3v) is 3.78. The molecule has 18 heavy (non-hydrogen) atoms. The van der Waals surface area contributed by atoms with E-state index in [0.29, 0.717) is 5.13 Å². The lowest BCUT2D eigenvalue weighted by Crippen LogP contribution is -2.31. The minimum Gasteiger partial charge on any atom is -0.331 e. The van der Waals surface area contributed by atoms with Crippen molar-refractivity contribution in [2.24, 2.45) is 0 Å². The highest BCUT2D eigenvalue weighted by molar-refractivity contribution is 7.13. The molecule has 4 nitrogen and oxygen atoms in total. The van der Waals surface area contributed by atoms with E-state index in [0.717, 1.165) is 12.8 Å². The smallest absolute Gasteiger partial charge is 0.321 e. The number of carbonyl (C=O) groups excluding carboxylic acids is 1. The number of aromatic nitrogens is 1. The first kappa shape index (κ1) is 11.2. The van der Waals surface area contributed by atoms with Gasteiger partial charge in [0.1, 0.15) is 0 Å². The fourth-order valence-electron chi connectivity index (χ4n) is 2.28. The van der Waals surface area contributed by atoms with Crippen LogP contribution in [0.15, 0.2) is 35.8 Å². The second-order valence-corrected chi connectivity index (χ2v) is 5.12. The van der Waals surface area contributed by atoms with E-state index in [2.05, 4.69) is 27.8 Å². The van der Waals surface area contributed by atoms with Gasteiger partial charge in [-0.2, -0.15) is 0 Å². The second kappa shape index (κ2) is 4.78. The number of rotatable bonds is 2. The number of nitrogens with one attached hydrogen (secondary N) is 2. The van der Waals surface area contributed by atoms with Gasteiger partial charge in [0, 0.05) is 11.6 Å². The topological polar surface area (TPSA) is 54.0 Å². The monoisotopic (exact) mass is 259 g/mol. The maximum atomic E-state index is 11.8. The number of carbonyl (C=O) groups is 1. The highest BCUT2D eigenvalue weighted by Gasteiger charge is 2.23. The molecule has 5 heteroatoms. The highest BCUT2D eigenvalue weighted by Crippen LogP contribution is 2.30. The van der Waals surface area contributed by atoms with Gasteiger partial charge in [0.25, 0.3) is 0 Å². The zero-order valence-corrected chi connectivity index (χ0v) is 10.5. The van der Waals surface area contributed by atoms with Crippen LogP contribution in [0.3, 0.4) is 0 Å². The molecule has 2 amide bonds. The molecule has 1 aromatic carbocycles. The summed E-state index contributed by atoms with van der Waals surface area (Å²) in [5, 5.41) is 8.18. The average Bonchev–Trinajstić information content (AvgIpc) is 3.00. The van der Waals surface area contributed by atoms with E-state index in [1.165, 1.54) is 22.5 Å². The lowest BCUT2D eigenvalue weighted by Gasteiger charge is -2.13. The van der Waals surface area contributed by atoms with Crippen LogP contribution in [0.2, 0.25) is 0 Å². The normalized spacial score (nSPS) is 17.2. The Kier molecular flexibility index (Phi) is 2.98. The Morgan fingerprint density at radius 2 is 2.28 bits per heavy atom. The molecule has 0 unspecified atom stereocenters. The van der Waals surface area contributed by atoms with Crippen molar-refractivity contribution in [1.82, 2.24) is 10.3 Å². The number of amides is 2. The van der Waals surface area contributed by atoms with Crippen LogP contribution in [0, 0.1) is 0 Å². The molecule has 3 rings (SSSR count). The number of aryl methyl sites for hydroxylation is 1. The summed E-state index contributed by atoms with van der Waals surface area (Å²) in [4.78, 5) is 15.8. The molecule has 0 bridgehead atoms. The molecule has 2 aromatic rings. The number of hydrogen-bond donors (Lipinski definition) is 2. The fraction of sp³-hybridized carbons (Fsp3) is 0.231. The molecule has 0 aliphatic heterocycles. The van der Waals surface area contributed by atoms with Crippen molar-refractivity contribution in [3.63, 3.8) is 0 Å². The van der Waals surface area contributed by atoms with Crippen LogP contribution < -0.4 is 10.6 Å². The van der Waals surface area contributed by atoms with Gasteiger partial charge in [-0.05, 0) is 24.0 Å². The minimum atomic E-state index is -0.188. The molecule has 1 aliphatic carbocycles. The van der Waals surface area contributed by atoms with Crippen molar-refractivity contribution in [3.8, 4) is 0 Å². The van der Waals surface area contributed by atoms with E-state index in [9.17, 15) is 4.79 Å². The zero-order chi connectivity index (χ0) is 12.4. The van der Waals surface area contributed by atoms with E-state index in [1.807, 2.05) is 17.5 Å². The van der Waals surface area contributed by atoms with Crippen molar-refractivity contribution >= 4 is 22.5 Å². The first-order valence-electron chi connectivity index (χ1n) is 5.88. The number of anilines is 1. The summed E-state index contributed by atoms with van der Waals surface area (Å²) in [5.74, 6) is 0. The summed E-state index contributed by atoms with van der Waals surface area (Å²) in [7, 11) is 0. The molecule has 0 fully saturated rings. The van der Waals surface area contributed by atoms with Crippen LogP contribution in [-0.2, 0) is 6.42 Å². The first-order chi connectivity index (χ1) is 8.83. The molecule has 2 N–H and O–H groups in total. The molecule has 1 heterocycles. The van der Waals surface area contributed by atoms with Crippen molar-refractivity contribution in [2.45, 2.75) is 18.9 Å². The maximum Gasteiger partial charge on any atom is 0.321 e. The van der Waals surface area contributed by atoms with E-state index in [4.69, 9.17) is 0 Å². The first-order valence-corrected chi connectivity index (χ1v) is 6.76. The van der Waals surface area contributed by atoms with Crippen LogP contribution in [0.1, 0.15) is 23.6 Å². The standard InChI is InChI=1S/C13H13N3OS/c17-12(16-13-14-7-8-18-13)15-11-6-5-9-3-1-2-4-10(9)11/h1-4,7-8,11H,5-6H2,(H2,14,15,16,17)/t11-/m0/s1. The number of urea groups is 1. The Bertz CT molecular complexity index is 553. The predicted octanol–water partition coefficient (Wildman–Crippen LogP) is 2.95. The van der Waals surface area contributed by atoms with Gasteiger partial charge in [-0.15, -0.1) is 11.3 Å². The van der Waals surface area contributed by atoms with Gasteiger partial charge >= 0.3 is 6.03 Å². The maximum absolute atomic E-state index is 11.8. The van der Waals surface area contributed by atoms with Crippen molar-refractivity contribution < 1.29 is 4.79 Å². The van der Waals surface area contributed by atoms with Gasteiger partial charge in [-0.1, -0.05) is 24.3 Å². The van der Waals surface area contributed by atoms with Crippen LogP contribution >= 0.6 is 11.3 Å². The van der Waals surface area contributed by atoms with E-state index < -0.39 is 0 Å². The Balaban J connectivity index is 1.66. The lowest BCUT2D eigenvalue weighted by molar-refractivity contribution is 0.248. The number of thiazole rings is 1. The fourth-order valence-corrected chi connectivity index (χ4v) is 2.81. The van der Waals surface area contributed by atoms with Crippen molar-refractivity contribution in [3.05, 3.63) is 47.0 Å². The Hall–Kier alpha value is -1.88. The molecular weight excluding hydrogens is 246 g/mol. The molecule has 1 aliphatic rings. The van der Waals surface area contributed by atoms with E-state index >= 15 is 0 Å².